The van der Waals surface area contributed by atoms with Crippen LogP contribution in [0.1, 0.15) is 28.8 Å². The highest BCUT2D eigenvalue weighted by molar-refractivity contribution is 6.04. The number of hydrogen-bond donors (Lipinski definition) is 2. The van der Waals surface area contributed by atoms with Gasteiger partial charge in [0.25, 0.3) is 11.5 Å². The summed E-state index contributed by atoms with van der Waals surface area (Å²) in [6, 6.07) is 6.62. The third kappa shape index (κ3) is 3.61. The zero-order valence-corrected chi connectivity index (χ0v) is 13.4. The molecule has 26 heavy (non-hydrogen) atoms. The maximum atomic E-state index is 12.7. The van der Waals surface area contributed by atoms with Gasteiger partial charge < -0.3 is 15.2 Å². The second-order valence-electron chi connectivity index (χ2n) is 5.78. The number of alkyl halides is 3. The standard InChI is InChI=1S/C17H14F3N3O3/c18-17(19,20)11-8-13(16(26)21-9-11)22-15(25)10-3-5-12(6-4-10)23-7-1-2-14(23)24/h3-6,8-9H,1-2,7H2,(H,21,26)(H,22,25). The monoisotopic (exact) mass is 365 g/mol. The van der Waals surface area contributed by atoms with Crippen LogP contribution in [0.3, 0.4) is 0 Å². The summed E-state index contributed by atoms with van der Waals surface area (Å²) in [4.78, 5) is 39.1. The van der Waals surface area contributed by atoms with Crippen molar-refractivity contribution in [2.75, 3.05) is 16.8 Å². The van der Waals surface area contributed by atoms with Gasteiger partial charge in [-0.15, -0.1) is 0 Å². The highest BCUT2D eigenvalue weighted by Gasteiger charge is 2.31. The molecule has 2 amide bonds. The molecule has 1 aliphatic rings. The second kappa shape index (κ2) is 6.66. The number of anilines is 2. The van der Waals surface area contributed by atoms with E-state index in [1.54, 1.807) is 17.0 Å². The van der Waals surface area contributed by atoms with Gasteiger partial charge in [-0.25, -0.2) is 0 Å². The van der Waals surface area contributed by atoms with E-state index in [4.69, 9.17) is 0 Å². The van der Waals surface area contributed by atoms with E-state index in [2.05, 4.69) is 5.32 Å². The number of rotatable bonds is 3. The van der Waals surface area contributed by atoms with Crippen molar-refractivity contribution in [1.82, 2.24) is 4.98 Å². The fraction of sp³-hybridized carbons (Fsp3) is 0.235. The fourth-order valence-electron chi connectivity index (χ4n) is 2.65. The average Bonchev–Trinajstić information content (AvgIpc) is 3.02. The number of hydrogen-bond acceptors (Lipinski definition) is 3. The van der Waals surface area contributed by atoms with E-state index in [1.807, 2.05) is 4.98 Å². The first-order chi connectivity index (χ1) is 12.3. The van der Waals surface area contributed by atoms with Crippen molar-refractivity contribution in [3.05, 3.63) is 58.0 Å². The summed E-state index contributed by atoms with van der Waals surface area (Å²) in [5, 5.41) is 2.17. The molecule has 1 aromatic heterocycles. The van der Waals surface area contributed by atoms with E-state index in [0.29, 0.717) is 30.9 Å². The van der Waals surface area contributed by atoms with Gasteiger partial charge in [-0.2, -0.15) is 13.2 Å². The molecule has 1 aliphatic heterocycles. The summed E-state index contributed by atoms with van der Waals surface area (Å²) >= 11 is 0. The van der Waals surface area contributed by atoms with Gasteiger partial charge in [-0.05, 0) is 36.8 Å². The van der Waals surface area contributed by atoms with Gasteiger partial charge in [0.2, 0.25) is 5.91 Å². The van der Waals surface area contributed by atoms with Crippen molar-refractivity contribution >= 4 is 23.2 Å². The molecule has 9 heteroatoms. The lowest BCUT2D eigenvalue weighted by molar-refractivity contribution is -0.137. The summed E-state index contributed by atoms with van der Waals surface area (Å²) in [5.74, 6) is -0.730. The number of pyridine rings is 1. The molecule has 2 aromatic rings. The van der Waals surface area contributed by atoms with Gasteiger partial charge in [-0.3, -0.25) is 14.4 Å². The number of carbonyl (C=O) groups is 2. The number of carbonyl (C=O) groups excluding carboxylic acids is 2. The van der Waals surface area contributed by atoms with E-state index in [-0.39, 0.29) is 11.5 Å². The molecule has 1 fully saturated rings. The van der Waals surface area contributed by atoms with Crippen molar-refractivity contribution in [2.24, 2.45) is 0 Å². The number of amides is 2. The average molecular weight is 365 g/mol. The Balaban J connectivity index is 1.78. The molecule has 0 radical (unpaired) electrons. The van der Waals surface area contributed by atoms with E-state index in [9.17, 15) is 27.6 Å². The van der Waals surface area contributed by atoms with Gasteiger partial charge in [0, 0.05) is 30.4 Å². The van der Waals surface area contributed by atoms with E-state index < -0.39 is 28.9 Å². The number of nitrogens with one attached hydrogen (secondary N) is 2. The van der Waals surface area contributed by atoms with Crippen LogP contribution in [0, 0.1) is 0 Å². The number of aromatic nitrogens is 1. The third-order valence-electron chi connectivity index (χ3n) is 3.99. The van der Waals surface area contributed by atoms with Gasteiger partial charge in [-0.1, -0.05) is 0 Å². The van der Waals surface area contributed by atoms with Crippen molar-refractivity contribution in [1.29, 1.82) is 0 Å². The molecule has 0 bridgehead atoms. The Kier molecular flexibility index (Phi) is 4.54. The van der Waals surface area contributed by atoms with Gasteiger partial charge in [0.1, 0.15) is 5.69 Å². The predicted molar refractivity (Wildman–Crippen MR) is 88.0 cm³/mol. The quantitative estimate of drug-likeness (QED) is 0.878. The Morgan fingerprint density at radius 2 is 1.85 bits per heavy atom. The molecule has 1 aromatic carbocycles. The Morgan fingerprint density at radius 1 is 1.15 bits per heavy atom. The lowest BCUT2D eigenvalue weighted by Crippen LogP contribution is -2.24. The normalized spacial score (nSPS) is 14.6. The van der Waals surface area contributed by atoms with Crippen molar-refractivity contribution in [2.45, 2.75) is 19.0 Å². The third-order valence-corrected chi connectivity index (χ3v) is 3.99. The minimum Gasteiger partial charge on any atom is -0.327 e. The SMILES string of the molecule is O=C(Nc1cc(C(F)(F)F)c[nH]c1=O)c1ccc(N2CCCC2=O)cc1. The van der Waals surface area contributed by atoms with Gasteiger partial charge >= 0.3 is 6.18 Å². The number of aromatic amines is 1. The Bertz CT molecular complexity index is 904. The van der Waals surface area contributed by atoms with Gasteiger partial charge in [0.15, 0.2) is 0 Å². The Labute approximate surface area is 145 Å². The van der Waals surface area contributed by atoms with Crippen molar-refractivity contribution in [3.63, 3.8) is 0 Å². The maximum Gasteiger partial charge on any atom is 0.417 e. The molecule has 3 rings (SSSR count). The van der Waals surface area contributed by atoms with Crippen LogP contribution in [0.4, 0.5) is 24.5 Å². The zero-order chi connectivity index (χ0) is 18.9. The molecule has 2 N–H and O–H groups in total. The first kappa shape index (κ1) is 17.7. The Hall–Kier alpha value is -3.10. The number of H-pyrrole nitrogens is 1. The lowest BCUT2D eigenvalue weighted by atomic mass is 10.1. The highest BCUT2D eigenvalue weighted by Crippen LogP contribution is 2.29. The predicted octanol–water partition coefficient (Wildman–Crippen LogP) is 2.77. The molecular weight excluding hydrogens is 351 g/mol. The van der Waals surface area contributed by atoms with Crippen LogP contribution in [0.5, 0.6) is 0 Å². The zero-order valence-electron chi connectivity index (χ0n) is 13.4. The molecule has 0 spiro atoms. The number of benzene rings is 1. The second-order valence-corrected chi connectivity index (χ2v) is 5.78. The molecule has 0 unspecified atom stereocenters. The molecule has 6 nitrogen and oxygen atoms in total. The molecule has 0 aliphatic carbocycles. The van der Waals surface area contributed by atoms with Crippen LogP contribution in [0.25, 0.3) is 0 Å². The number of halogens is 3. The molecular formula is C17H14F3N3O3. The van der Waals surface area contributed by atoms with Crippen LogP contribution in [-0.2, 0) is 11.0 Å². The summed E-state index contributed by atoms with van der Waals surface area (Å²) in [6.07, 6.45) is -2.87. The first-order valence-corrected chi connectivity index (χ1v) is 7.77. The Morgan fingerprint density at radius 3 is 2.42 bits per heavy atom. The largest absolute Gasteiger partial charge is 0.417 e. The van der Waals surface area contributed by atoms with Crippen LogP contribution >= 0.6 is 0 Å². The van der Waals surface area contributed by atoms with Crippen molar-refractivity contribution < 1.29 is 22.8 Å². The molecule has 2 heterocycles. The van der Waals surface area contributed by atoms with Crippen LogP contribution in [0.15, 0.2) is 41.3 Å². The minimum absolute atomic E-state index is 0.00213. The summed E-state index contributed by atoms with van der Waals surface area (Å²) in [7, 11) is 0. The lowest BCUT2D eigenvalue weighted by Gasteiger charge is -2.15. The minimum atomic E-state index is -4.65. The highest BCUT2D eigenvalue weighted by atomic mass is 19.4. The molecule has 0 saturated carbocycles. The van der Waals surface area contributed by atoms with E-state index >= 15 is 0 Å². The number of nitrogens with zero attached hydrogens (tertiary/aromatic N) is 1. The van der Waals surface area contributed by atoms with Crippen LogP contribution < -0.4 is 15.8 Å². The smallest absolute Gasteiger partial charge is 0.327 e. The fourth-order valence-corrected chi connectivity index (χ4v) is 2.65. The van der Waals surface area contributed by atoms with E-state index in [0.717, 1.165) is 6.42 Å². The molecule has 136 valence electrons. The van der Waals surface area contributed by atoms with Gasteiger partial charge in [0.05, 0.1) is 5.56 Å². The molecule has 0 atom stereocenters. The summed E-state index contributed by atoms with van der Waals surface area (Å²) in [5.41, 5.74) is -1.62. The summed E-state index contributed by atoms with van der Waals surface area (Å²) < 4.78 is 38.2. The van der Waals surface area contributed by atoms with E-state index in [1.165, 1.54) is 12.1 Å². The van der Waals surface area contributed by atoms with Crippen LogP contribution in [0.2, 0.25) is 0 Å². The topological polar surface area (TPSA) is 82.3 Å². The van der Waals surface area contributed by atoms with Crippen LogP contribution in [-0.4, -0.2) is 23.3 Å². The first-order valence-electron chi connectivity index (χ1n) is 7.77. The summed E-state index contributed by atoms with van der Waals surface area (Å²) in [6.45, 7) is 0.601. The maximum absolute atomic E-state index is 12.7. The van der Waals surface area contributed by atoms with Crippen molar-refractivity contribution in [3.8, 4) is 0 Å². The molecule has 1 saturated heterocycles.